The van der Waals surface area contributed by atoms with Crippen LogP contribution in [0.1, 0.15) is 27.2 Å². The summed E-state index contributed by atoms with van der Waals surface area (Å²) < 4.78 is 23.5. The van der Waals surface area contributed by atoms with Gasteiger partial charge in [0.05, 0.1) is 22.6 Å². The van der Waals surface area contributed by atoms with Crippen LogP contribution in [-0.2, 0) is 22.0 Å². The zero-order valence-corrected chi connectivity index (χ0v) is 11.7. The number of rotatable bonds is 1. The van der Waals surface area contributed by atoms with Gasteiger partial charge in [-0.05, 0) is 19.1 Å². The lowest BCUT2D eigenvalue weighted by Gasteiger charge is -2.19. The van der Waals surface area contributed by atoms with E-state index in [9.17, 15) is 18.3 Å². The Kier molecular flexibility index (Phi) is 2.79. The fourth-order valence-electron chi connectivity index (χ4n) is 2.62. The second-order valence-corrected chi connectivity index (χ2v) is 7.26. The van der Waals surface area contributed by atoms with Gasteiger partial charge < -0.3 is 5.11 Å². The molecule has 1 aromatic carbocycles. The molecule has 0 unspecified atom stereocenters. The number of carboxylic acid groups (broad SMARTS) is 1. The van der Waals surface area contributed by atoms with Crippen molar-refractivity contribution >= 4 is 26.7 Å². The Balaban J connectivity index is 2.42. The Morgan fingerprint density at radius 3 is 2.80 bits per heavy atom. The maximum absolute atomic E-state index is 11.8. The third-order valence-corrected chi connectivity index (χ3v) is 5.11. The summed E-state index contributed by atoms with van der Waals surface area (Å²) in [5.41, 5.74) is 2.54. The number of hydrogen-bond acceptors (Lipinski definition) is 4. The Morgan fingerprint density at radius 2 is 2.10 bits per heavy atom. The van der Waals surface area contributed by atoms with Gasteiger partial charge in [0.2, 0.25) is 0 Å². The molecule has 3 rings (SSSR count). The Hall–Kier alpha value is -1.95. The molecule has 5 nitrogen and oxygen atoms in total. The number of sulfone groups is 1. The molecule has 0 atom stereocenters. The average Bonchev–Trinajstić information content (AvgIpc) is 2.35. The Labute approximate surface area is 116 Å². The summed E-state index contributed by atoms with van der Waals surface area (Å²) >= 11 is 0. The van der Waals surface area contributed by atoms with Crippen molar-refractivity contribution in [2.45, 2.75) is 19.1 Å². The predicted molar refractivity (Wildman–Crippen MR) is 74.6 cm³/mol. The number of aromatic nitrogens is 1. The van der Waals surface area contributed by atoms with Crippen LogP contribution in [0.5, 0.6) is 0 Å². The number of nitrogens with zero attached hydrogens (tertiary/aromatic N) is 1. The van der Waals surface area contributed by atoms with Gasteiger partial charge in [0.15, 0.2) is 9.84 Å². The molecule has 1 N–H and O–H groups in total. The number of aromatic carboxylic acids is 1. The van der Waals surface area contributed by atoms with Crippen LogP contribution >= 0.6 is 0 Å². The highest BCUT2D eigenvalue weighted by molar-refractivity contribution is 7.90. The molecule has 2 aromatic rings. The molecule has 0 saturated carbocycles. The topological polar surface area (TPSA) is 84.3 Å². The van der Waals surface area contributed by atoms with Crippen LogP contribution in [0.2, 0.25) is 0 Å². The first kappa shape index (κ1) is 13.1. The minimum absolute atomic E-state index is 0.0312. The molecule has 0 fully saturated rings. The van der Waals surface area contributed by atoms with Gasteiger partial charge in [0.1, 0.15) is 0 Å². The van der Waals surface area contributed by atoms with E-state index >= 15 is 0 Å². The van der Waals surface area contributed by atoms with E-state index in [0.29, 0.717) is 22.2 Å². The molecule has 0 amide bonds. The first-order chi connectivity index (χ1) is 9.37. The van der Waals surface area contributed by atoms with Gasteiger partial charge in [0, 0.05) is 23.1 Å². The molecule has 2 heterocycles. The summed E-state index contributed by atoms with van der Waals surface area (Å²) in [5, 5.41) is 9.99. The highest BCUT2D eigenvalue weighted by Gasteiger charge is 2.28. The monoisotopic (exact) mass is 291 g/mol. The lowest BCUT2D eigenvalue weighted by molar-refractivity contribution is 0.0698. The molecule has 20 heavy (non-hydrogen) atoms. The van der Waals surface area contributed by atoms with Gasteiger partial charge in [-0.3, -0.25) is 4.98 Å². The quantitative estimate of drug-likeness (QED) is 0.864. The van der Waals surface area contributed by atoms with Gasteiger partial charge in [-0.15, -0.1) is 0 Å². The van der Waals surface area contributed by atoms with Gasteiger partial charge in [0.25, 0.3) is 0 Å². The van der Waals surface area contributed by atoms with E-state index in [0.717, 1.165) is 5.56 Å². The first-order valence-corrected chi connectivity index (χ1v) is 8.05. The number of carboxylic acids is 1. The van der Waals surface area contributed by atoms with Crippen molar-refractivity contribution < 1.29 is 18.3 Å². The standard InChI is InChI=1S/C14H13NO4S/c1-8-2-3-11-9(6-8)13(14(16)17)10-7-20(18,19)5-4-12(10)15-11/h2-3,6H,4-5,7H2,1H3,(H,16,17). The van der Waals surface area contributed by atoms with Crippen LogP contribution in [-0.4, -0.2) is 30.2 Å². The molecule has 104 valence electrons. The van der Waals surface area contributed by atoms with Crippen molar-refractivity contribution in [3.05, 3.63) is 40.6 Å². The number of benzene rings is 1. The summed E-state index contributed by atoms with van der Waals surface area (Å²) in [4.78, 5) is 16.0. The molecule has 1 aliphatic rings. The first-order valence-electron chi connectivity index (χ1n) is 6.23. The SMILES string of the molecule is Cc1ccc2nc3c(c(C(=O)O)c2c1)CS(=O)(=O)CC3. The molecule has 0 aliphatic carbocycles. The van der Waals surface area contributed by atoms with E-state index in [1.807, 2.05) is 13.0 Å². The Morgan fingerprint density at radius 1 is 1.35 bits per heavy atom. The zero-order valence-electron chi connectivity index (χ0n) is 10.9. The van der Waals surface area contributed by atoms with Crippen molar-refractivity contribution in [1.29, 1.82) is 0 Å². The van der Waals surface area contributed by atoms with Crippen molar-refractivity contribution in [1.82, 2.24) is 4.98 Å². The molecule has 0 saturated heterocycles. The van der Waals surface area contributed by atoms with Crippen LogP contribution in [0.3, 0.4) is 0 Å². The summed E-state index contributed by atoms with van der Waals surface area (Å²) in [6.07, 6.45) is 0.280. The fourth-order valence-corrected chi connectivity index (χ4v) is 4.02. The van der Waals surface area contributed by atoms with Crippen LogP contribution in [0.4, 0.5) is 0 Å². The van der Waals surface area contributed by atoms with E-state index in [2.05, 4.69) is 4.98 Å². The van der Waals surface area contributed by atoms with E-state index in [1.165, 1.54) is 0 Å². The van der Waals surface area contributed by atoms with E-state index in [1.54, 1.807) is 12.1 Å². The molecule has 1 aromatic heterocycles. The number of hydrogen-bond donors (Lipinski definition) is 1. The molecular formula is C14H13NO4S. The van der Waals surface area contributed by atoms with Gasteiger partial charge in [-0.25, -0.2) is 13.2 Å². The zero-order chi connectivity index (χ0) is 14.5. The van der Waals surface area contributed by atoms with E-state index in [-0.39, 0.29) is 23.5 Å². The summed E-state index contributed by atoms with van der Waals surface area (Å²) in [6, 6.07) is 5.39. The molecule has 0 bridgehead atoms. The smallest absolute Gasteiger partial charge is 0.336 e. The number of carbonyl (C=O) groups is 1. The molecule has 1 aliphatic heterocycles. The minimum Gasteiger partial charge on any atom is -0.478 e. The van der Waals surface area contributed by atoms with Crippen molar-refractivity contribution in [2.24, 2.45) is 0 Å². The van der Waals surface area contributed by atoms with Crippen molar-refractivity contribution in [3.63, 3.8) is 0 Å². The number of fused-ring (bicyclic) bond motifs is 2. The summed E-state index contributed by atoms with van der Waals surface area (Å²) in [6.45, 7) is 1.86. The number of pyridine rings is 1. The third kappa shape index (κ3) is 2.06. The largest absolute Gasteiger partial charge is 0.478 e. The van der Waals surface area contributed by atoms with Crippen molar-refractivity contribution in [3.8, 4) is 0 Å². The lowest BCUT2D eigenvalue weighted by atomic mass is 9.99. The molecular weight excluding hydrogens is 278 g/mol. The van der Waals surface area contributed by atoms with Crippen molar-refractivity contribution in [2.75, 3.05) is 5.75 Å². The second kappa shape index (κ2) is 4.28. The van der Waals surface area contributed by atoms with Gasteiger partial charge >= 0.3 is 5.97 Å². The highest BCUT2D eigenvalue weighted by atomic mass is 32.2. The molecule has 0 radical (unpaired) electrons. The van der Waals surface area contributed by atoms with Gasteiger partial charge in [-0.1, -0.05) is 11.6 Å². The van der Waals surface area contributed by atoms with E-state index in [4.69, 9.17) is 0 Å². The number of aryl methyl sites for hydroxylation is 2. The maximum Gasteiger partial charge on any atom is 0.336 e. The molecule has 0 spiro atoms. The fraction of sp³-hybridized carbons (Fsp3) is 0.286. The summed E-state index contributed by atoms with van der Waals surface area (Å²) in [7, 11) is -3.23. The highest BCUT2D eigenvalue weighted by Crippen LogP contribution is 2.29. The van der Waals surface area contributed by atoms with E-state index < -0.39 is 15.8 Å². The lowest BCUT2D eigenvalue weighted by Crippen LogP contribution is -2.23. The predicted octanol–water partition coefficient (Wildman–Crippen LogP) is 1.71. The van der Waals surface area contributed by atoms with Crippen LogP contribution in [0.25, 0.3) is 10.9 Å². The molecule has 6 heteroatoms. The van der Waals surface area contributed by atoms with Crippen LogP contribution < -0.4 is 0 Å². The Bertz CT molecular complexity index is 840. The normalized spacial score (nSPS) is 16.9. The second-order valence-electron chi connectivity index (χ2n) is 5.08. The third-order valence-electron chi connectivity index (χ3n) is 3.55. The van der Waals surface area contributed by atoms with Crippen LogP contribution in [0, 0.1) is 6.92 Å². The van der Waals surface area contributed by atoms with Gasteiger partial charge in [-0.2, -0.15) is 0 Å². The van der Waals surface area contributed by atoms with Crippen LogP contribution in [0.15, 0.2) is 18.2 Å². The minimum atomic E-state index is -3.23. The summed E-state index contributed by atoms with van der Waals surface area (Å²) in [5.74, 6) is -1.30. The maximum atomic E-state index is 11.8. The average molecular weight is 291 g/mol.